The zero-order valence-electron chi connectivity index (χ0n) is 16.9. The van der Waals surface area contributed by atoms with Crippen LogP contribution >= 0.6 is 12.4 Å². The Labute approximate surface area is 176 Å². The van der Waals surface area contributed by atoms with E-state index in [9.17, 15) is 14.9 Å². The summed E-state index contributed by atoms with van der Waals surface area (Å²) < 4.78 is 11.1. The highest BCUT2D eigenvalue weighted by atomic mass is 35.5. The molecule has 0 spiro atoms. The lowest BCUT2D eigenvalue weighted by Gasteiger charge is -2.25. The molecule has 0 aliphatic heterocycles. The van der Waals surface area contributed by atoms with Gasteiger partial charge in [0.1, 0.15) is 11.5 Å². The average molecular weight is 424 g/mol. The Morgan fingerprint density at radius 2 is 1.72 bits per heavy atom. The number of non-ortho nitro benzene ring substituents is 1. The maximum absolute atomic E-state index is 11.8. The van der Waals surface area contributed by atoms with Gasteiger partial charge in [-0.05, 0) is 43.9 Å². The second-order valence-electron chi connectivity index (χ2n) is 6.70. The zero-order valence-corrected chi connectivity index (χ0v) is 17.7. The first-order valence-corrected chi connectivity index (χ1v) is 8.80. The molecule has 0 N–H and O–H groups in total. The Hall–Kier alpha value is -2.84. The molecule has 0 saturated heterocycles. The normalized spacial score (nSPS) is 11.3. The van der Waals surface area contributed by atoms with Crippen LogP contribution in [-0.4, -0.2) is 55.6 Å². The average Bonchev–Trinajstić information content (AvgIpc) is 2.65. The monoisotopic (exact) mass is 423 g/mol. The number of hydrogen-bond donors (Lipinski definition) is 0. The lowest BCUT2D eigenvalue weighted by atomic mass is 10.0. The first kappa shape index (κ1) is 24.2. The van der Waals surface area contributed by atoms with E-state index in [0.717, 1.165) is 5.56 Å². The van der Waals surface area contributed by atoms with Gasteiger partial charge in [-0.15, -0.1) is 12.4 Å². The van der Waals surface area contributed by atoms with E-state index < -0.39 is 11.0 Å². The maximum Gasteiger partial charge on any atom is 0.414 e. The summed E-state index contributed by atoms with van der Waals surface area (Å²) >= 11 is 0. The zero-order chi connectivity index (χ0) is 20.7. The van der Waals surface area contributed by atoms with Crippen LogP contribution in [0.4, 0.5) is 10.5 Å². The molecule has 0 aliphatic rings. The Morgan fingerprint density at radius 3 is 2.28 bits per heavy atom. The summed E-state index contributed by atoms with van der Waals surface area (Å²) in [6.45, 7) is 0.433. The van der Waals surface area contributed by atoms with Crippen LogP contribution in [0.2, 0.25) is 0 Å². The van der Waals surface area contributed by atoms with Gasteiger partial charge in [-0.1, -0.05) is 12.1 Å². The number of carbonyl (C=O) groups is 1. The van der Waals surface area contributed by atoms with Crippen LogP contribution in [0.1, 0.15) is 18.0 Å². The number of hydrogen-bond acceptors (Lipinski definition) is 6. The second kappa shape index (κ2) is 11.2. The highest BCUT2D eigenvalue weighted by Gasteiger charge is 2.16. The van der Waals surface area contributed by atoms with E-state index in [1.807, 2.05) is 32.3 Å². The highest BCUT2D eigenvalue weighted by Crippen LogP contribution is 2.26. The van der Waals surface area contributed by atoms with Crippen molar-refractivity contribution in [3.8, 4) is 11.5 Å². The fourth-order valence-electron chi connectivity index (χ4n) is 2.65. The minimum Gasteiger partial charge on any atom is -0.494 e. The van der Waals surface area contributed by atoms with Gasteiger partial charge in [0.05, 0.1) is 11.5 Å². The molecule has 29 heavy (non-hydrogen) atoms. The molecule has 2 aromatic rings. The number of nitro groups is 1. The van der Waals surface area contributed by atoms with E-state index in [1.54, 1.807) is 32.3 Å². The fourth-order valence-corrected chi connectivity index (χ4v) is 2.65. The summed E-state index contributed by atoms with van der Waals surface area (Å²) in [5, 5.41) is 10.7. The predicted octanol–water partition coefficient (Wildman–Crippen LogP) is 4.15. The molecular weight excluding hydrogens is 398 g/mol. The van der Waals surface area contributed by atoms with Crippen LogP contribution in [-0.2, 0) is 0 Å². The van der Waals surface area contributed by atoms with Gasteiger partial charge in [0.15, 0.2) is 0 Å². The van der Waals surface area contributed by atoms with Crippen LogP contribution in [0.5, 0.6) is 11.5 Å². The summed E-state index contributed by atoms with van der Waals surface area (Å²) in [7, 11) is 7.19. The van der Waals surface area contributed by atoms with Gasteiger partial charge < -0.3 is 19.3 Å². The number of amides is 1. The molecule has 2 rings (SSSR count). The minimum atomic E-state index is -0.443. The van der Waals surface area contributed by atoms with Crippen molar-refractivity contribution in [3.63, 3.8) is 0 Å². The molecule has 2 aromatic carbocycles. The van der Waals surface area contributed by atoms with Crippen molar-refractivity contribution in [2.75, 3.05) is 34.8 Å². The Kier molecular flexibility index (Phi) is 9.37. The molecule has 9 heteroatoms. The number of benzene rings is 2. The van der Waals surface area contributed by atoms with Crippen molar-refractivity contribution in [3.05, 3.63) is 64.2 Å². The Morgan fingerprint density at radius 1 is 1.07 bits per heavy atom. The SMILES string of the molecule is CN(C)C(=O)Oc1cccc(C(CCOc2ccc([N+](=O)[O-])cc2)N(C)C)c1.Cl. The molecule has 1 unspecified atom stereocenters. The predicted molar refractivity (Wildman–Crippen MR) is 113 cm³/mol. The van der Waals surface area contributed by atoms with E-state index in [0.29, 0.717) is 24.5 Å². The molecule has 8 nitrogen and oxygen atoms in total. The van der Waals surface area contributed by atoms with E-state index >= 15 is 0 Å². The smallest absolute Gasteiger partial charge is 0.414 e. The summed E-state index contributed by atoms with van der Waals surface area (Å²) in [6.07, 6.45) is 0.259. The molecular formula is C20H26ClN3O5. The van der Waals surface area contributed by atoms with Crippen molar-refractivity contribution in [2.24, 2.45) is 0 Å². The van der Waals surface area contributed by atoms with Crippen molar-refractivity contribution >= 4 is 24.2 Å². The minimum absolute atomic E-state index is 0. The molecule has 0 aromatic heterocycles. The lowest BCUT2D eigenvalue weighted by Crippen LogP contribution is -2.25. The van der Waals surface area contributed by atoms with Gasteiger partial charge in [-0.2, -0.15) is 0 Å². The largest absolute Gasteiger partial charge is 0.494 e. The van der Waals surface area contributed by atoms with Crippen molar-refractivity contribution < 1.29 is 19.2 Å². The van der Waals surface area contributed by atoms with Crippen LogP contribution in [0.3, 0.4) is 0 Å². The van der Waals surface area contributed by atoms with Crippen LogP contribution in [0.25, 0.3) is 0 Å². The number of halogens is 1. The molecule has 158 valence electrons. The third-order valence-corrected chi connectivity index (χ3v) is 4.14. The number of carbonyl (C=O) groups excluding carboxylic acids is 1. The third-order valence-electron chi connectivity index (χ3n) is 4.14. The van der Waals surface area contributed by atoms with E-state index in [4.69, 9.17) is 9.47 Å². The quantitative estimate of drug-likeness (QED) is 0.468. The van der Waals surface area contributed by atoms with Gasteiger partial charge in [0, 0.05) is 38.7 Å². The van der Waals surface area contributed by atoms with Crippen molar-refractivity contribution in [2.45, 2.75) is 12.5 Å². The van der Waals surface area contributed by atoms with E-state index in [1.165, 1.54) is 17.0 Å². The highest BCUT2D eigenvalue weighted by molar-refractivity contribution is 5.85. The van der Waals surface area contributed by atoms with Crippen LogP contribution < -0.4 is 9.47 Å². The Bertz CT molecular complexity index is 812. The maximum atomic E-state index is 11.8. The number of ether oxygens (including phenoxy) is 2. The summed E-state index contributed by atoms with van der Waals surface area (Å²) in [6, 6.07) is 13.5. The molecule has 0 radical (unpaired) electrons. The molecule has 0 heterocycles. The van der Waals surface area contributed by atoms with Gasteiger partial charge >= 0.3 is 6.09 Å². The molecule has 1 atom stereocenters. The van der Waals surface area contributed by atoms with Crippen molar-refractivity contribution in [1.82, 2.24) is 9.80 Å². The number of rotatable bonds is 8. The summed E-state index contributed by atoms with van der Waals surface area (Å²) in [4.78, 5) is 25.4. The molecule has 1 amide bonds. The van der Waals surface area contributed by atoms with Gasteiger partial charge in [-0.25, -0.2) is 4.79 Å². The summed E-state index contributed by atoms with van der Waals surface area (Å²) in [5.74, 6) is 1.07. The topological polar surface area (TPSA) is 85.1 Å². The van der Waals surface area contributed by atoms with Crippen molar-refractivity contribution in [1.29, 1.82) is 0 Å². The van der Waals surface area contributed by atoms with Gasteiger partial charge in [0.2, 0.25) is 0 Å². The van der Waals surface area contributed by atoms with Gasteiger partial charge in [-0.3, -0.25) is 10.1 Å². The van der Waals surface area contributed by atoms with E-state index in [2.05, 4.69) is 4.90 Å². The third kappa shape index (κ3) is 7.24. The molecule has 0 aliphatic carbocycles. The number of nitro benzene ring substituents is 1. The van der Waals surface area contributed by atoms with Gasteiger partial charge in [0.25, 0.3) is 5.69 Å². The second-order valence-corrected chi connectivity index (χ2v) is 6.70. The van der Waals surface area contributed by atoms with Crippen LogP contribution in [0.15, 0.2) is 48.5 Å². The van der Waals surface area contributed by atoms with E-state index in [-0.39, 0.29) is 24.1 Å². The first-order chi connectivity index (χ1) is 13.3. The summed E-state index contributed by atoms with van der Waals surface area (Å²) in [5.41, 5.74) is 1.03. The molecule has 0 fully saturated rings. The standard InChI is InChI=1S/C20H25N3O5.ClH/c1-21(2)19(12-13-27-17-10-8-16(9-11-17)23(25)26)15-6-5-7-18(14-15)28-20(24)22(3)4;/h5-11,14,19H,12-13H2,1-4H3;1H. The molecule has 0 saturated carbocycles. The lowest BCUT2D eigenvalue weighted by molar-refractivity contribution is -0.384. The Balaban J connectivity index is 0.00000420. The first-order valence-electron chi connectivity index (χ1n) is 8.80. The molecule has 0 bridgehead atoms. The fraction of sp³-hybridized carbons (Fsp3) is 0.350. The number of nitrogens with zero attached hydrogens (tertiary/aromatic N) is 3. The van der Waals surface area contributed by atoms with Crippen LogP contribution in [0, 0.1) is 10.1 Å².